The maximum atomic E-state index is 14.0. The molecule has 1 aliphatic heterocycles. The molecule has 1 aliphatic rings. The number of rotatable bonds is 8. The summed E-state index contributed by atoms with van der Waals surface area (Å²) in [6.45, 7) is -0.259. The maximum Gasteiger partial charge on any atom is 0.373 e. The summed E-state index contributed by atoms with van der Waals surface area (Å²) in [5.41, 5.74) is 0.786. The van der Waals surface area contributed by atoms with Gasteiger partial charge >= 0.3 is 12.0 Å². The van der Waals surface area contributed by atoms with Gasteiger partial charge in [-0.3, -0.25) is 9.69 Å². The first-order valence-corrected chi connectivity index (χ1v) is 10.5. The smallest absolute Gasteiger partial charge is 0.373 e. The summed E-state index contributed by atoms with van der Waals surface area (Å²) in [6.07, 6.45) is 1.45. The van der Waals surface area contributed by atoms with Gasteiger partial charge in [0, 0.05) is 11.1 Å². The minimum absolute atomic E-state index is 0.00116. The Hall–Kier alpha value is -4.60. The molecule has 0 aliphatic carbocycles. The summed E-state index contributed by atoms with van der Waals surface area (Å²) in [5, 5.41) is 2.52. The minimum Gasteiger partial charge on any atom is -0.493 e. The number of hydrogen-bond acceptors (Lipinski definition) is 7. The van der Waals surface area contributed by atoms with Crippen molar-refractivity contribution in [3.05, 3.63) is 88.8 Å². The topological polar surface area (TPSA) is 107 Å². The molecule has 1 saturated heterocycles. The Morgan fingerprint density at radius 3 is 2.63 bits per heavy atom. The monoisotopic (exact) mass is 480 g/mol. The van der Waals surface area contributed by atoms with E-state index >= 15 is 0 Å². The van der Waals surface area contributed by atoms with E-state index in [4.69, 9.17) is 13.9 Å². The summed E-state index contributed by atoms with van der Waals surface area (Å²) < 4.78 is 35.2. The Bertz CT molecular complexity index is 1310. The molecule has 2 heterocycles. The van der Waals surface area contributed by atoms with E-state index in [1.165, 1.54) is 38.5 Å². The molecule has 0 saturated carbocycles. The largest absolute Gasteiger partial charge is 0.493 e. The number of urea groups is 1. The van der Waals surface area contributed by atoms with Crippen LogP contribution < -0.4 is 14.8 Å². The Morgan fingerprint density at radius 1 is 1.09 bits per heavy atom. The van der Waals surface area contributed by atoms with Gasteiger partial charge in [0.2, 0.25) is 5.76 Å². The van der Waals surface area contributed by atoms with Crippen LogP contribution in [0, 0.1) is 5.82 Å². The number of nitrogens with one attached hydrogen (secondary N) is 1. The SMILES string of the molecule is COC(=O)c1ccc(CN2C(=O)NC(=Cc3cccc(OC)c3OCc3ccccc3F)C2=O)o1. The number of methoxy groups -OCH3 is 2. The lowest BCUT2D eigenvalue weighted by molar-refractivity contribution is -0.123. The van der Waals surface area contributed by atoms with Gasteiger partial charge in [0.05, 0.1) is 20.8 Å². The van der Waals surface area contributed by atoms with E-state index in [1.807, 2.05) is 0 Å². The number of carbonyl (C=O) groups excluding carboxylic acids is 3. The van der Waals surface area contributed by atoms with Crippen molar-refractivity contribution < 1.29 is 37.4 Å². The minimum atomic E-state index is -0.671. The number of para-hydroxylation sites is 1. The van der Waals surface area contributed by atoms with Crippen molar-refractivity contribution in [2.75, 3.05) is 14.2 Å². The van der Waals surface area contributed by atoms with Gasteiger partial charge in [0.15, 0.2) is 11.5 Å². The fourth-order valence-electron chi connectivity index (χ4n) is 3.43. The van der Waals surface area contributed by atoms with Crippen molar-refractivity contribution in [2.45, 2.75) is 13.2 Å². The van der Waals surface area contributed by atoms with Gasteiger partial charge in [-0.25, -0.2) is 14.0 Å². The molecule has 3 amide bonds. The number of amides is 3. The highest BCUT2D eigenvalue weighted by Gasteiger charge is 2.34. The second-order valence-electron chi connectivity index (χ2n) is 7.40. The van der Waals surface area contributed by atoms with E-state index in [0.717, 1.165) is 4.90 Å². The van der Waals surface area contributed by atoms with Crippen LogP contribution in [0.1, 0.15) is 27.4 Å². The van der Waals surface area contributed by atoms with Crippen molar-refractivity contribution in [3.63, 3.8) is 0 Å². The van der Waals surface area contributed by atoms with Gasteiger partial charge < -0.3 is 23.9 Å². The average molecular weight is 480 g/mol. The van der Waals surface area contributed by atoms with Crippen molar-refractivity contribution in [1.29, 1.82) is 0 Å². The van der Waals surface area contributed by atoms with E-state index in [1.54, 1.807) is 36.4 Å². The van der Waals surface area contributed by atoms with Gasteiger partial charge in [0.25, 0.3) is 5.91 Å². The molecule has 0 unspecified atom stereocenters. The molecule has 0 radical (unpaired) electrons. The number of halogens is 1. The van der Waals surface area contributed by atoms with Crippen LogP contribution in [0.25, 0.3) is 6.08 Å². The third-order valence-corrected chi connectivity index (χ3v) is 5.18. The van der Waals surface area contributed by atoms with Crippen molar-refractivity contribution in [1.82, 2.24) is 10.2 Å². The van der Waals surface area contributed by atoms with E-state index in [0.29, 0.717) is 16.9 Å². The molecule has 9 nitrogen and oxygen atoms in total. The average Bonchev–Trinajstić information content (AvgIpc) is 3.44. The number of ether oxygens (including phenoxy) is 3. The molecule has 0 spiro atoms. The summed E-state index contributed by atoms with van der Waals surface area (Å²) in [7, 11) is 2.67. The van der Waals surface area contributed by atoms with Crippen molar-refractivity contribution in [3.8, 4) is 11.5 Å². The molecular formula is C25H21FN2O7. The Labute approximate surface area is 199 Å². The lowest BCUT2D eigenvalue weighted by atomic mass is 10.1. The first-order valence-electron chi connectivity index (χ1n) is 10.5. The quantitative estimate of drug-likeness (QED) is 0.296. The number of hydrogen-bond donors (Lipinski definition) is 1. The number of carbonyl (C=O) groups is 3. The molecule has 3 aromatic rings. The third-order valence-electron chi connectivity index (χ3n) is 5.18. The van der Waals surface area contributed by atoms with Gasteiger partial charge in [-0.15, -0.1) is 0 Å². The molecular weight excluding hydrogens is 459 g/mol. The van der Waals surface area contributed by atoms with Crippen molar-refractivity contribution >= 4 is 24.0 Å². The lowest BCUT2D eigenvalue weighted by Crippen LogP contribution is -2.30. The zero-order valence-electron chi connectivity index (χ0n) is 18.9. The normalized spacial score (nSPS) is 14.3. The van der Waals surface area contributed by atoms with Crippen LogP contribution in [0.5, 0.6) is 11.5 Å². The molecule has 0 bridgehead atoms. The van der Waals surface area contributed by atoms with E-state index in [9.17, 15) is 18.8 Å². The number of furan rings is 1. The molecule has 1 fully saturated rings. The van der Waals surface area contributed by atoms with Crippen LogP contribution in [0.4, 0.5) is 9.18 Å². The first kappa shape index (κ1) is 23.6. The number of benzene rings is 2. The van der Waals surface area contributed by atoms with Crippen LogP contribution >= 0.6 is 0 Å². The van der Waals surface area contributed by atoms with Crippen LogP contribution in [-0.2, 0) is 22.7 Å². The lowest BCUT2D eigenvalue weighted by Gasteiger charge is -2.14. The fraction of sp³-hybridized carbons (Fsp3) is 0.160. The molecule has 0 atom stereocenters. The van der Waals surface area contributed by atoms with E-state index < -0.39 is 23.7 Å². The number of imide groups is 1. The molecule has 1 N–H and O–H groups in total. The van der Waals surface area contributed by atoms with Gasteiger partial charge in [0.1, 0.15) is 23.9 Å². The zero-order chi connectivity index (χ0) is 24.9. The molecule has 1 aromatic heterocycles. The number of esters is 1. The van der Waals surface area contributed by atoms with Crippen LogP contribution in [0.2, 0.25) is 0 Å². The highest BCUT2D eigenvalue weighted by Crippen LogP contribution is 2.34. The fourth-order valence-corrected chi connectivity index (χ4v) is 3.43. The third kappa shape index (κ3) is 5.01. The Kier molecular flexibility index (Phi) is 6.81. The predicted molar refractivity (Wildman–Crippen MR) is 121 cm³/mol. The summed E-state index contributed by atoms with van der Waals surface area (Å²) in [5.74, 6) is -0.854. The Balaban J connectivity index is 1.56. The highest BCUT2D eigenvalue weighted by atomic mass is 19.1. The second kappa shape index (κ2) is 10.1. The van der Waals surface area contributed by atoms with Gasteiger partial charge in [-0.05, 0) is 30.3 Å². The van der Waals surface area contributed by atoms with Gasteiger partial charge in [-0.1, -0.05) is 30.3 Å². The summed E-state index contributed by atoms with van der Waals surface area (Å²) in [6, 6.07) is 13.4. The second-order valence-corrected chi connectivity index (χ2v) is 7.40. The van der Waals surface area contributed by atoms with E-state index in [2.05, 4.69) is 10.1 Å². The number of nitrogens with zero attached hydrogens (tertiary/aromatic N) is 1. The van der Waals surface area contributed by atoms with Crippen LogP contribution in [0.15, 0.2) is 64.7 Å². The molecule has 10 heteroatoms. The summed E-state index contributed by atoms with van der Waals surface area (Å²) in [4.78, 5) is 37.9. The maximum absolute atomic E-state index is 14.0. The zero-order valence-corrected chi connectivity index (χ0v) is 18.9. The molecule has 35 heavy (non-hydrogen) atoms. The first-order chi connectivity index (χ1) is 16.9. The highest BCUT2D eigenvalue weighted by molar-refractivity contribution is 6.14. The van der Waals surface area contributed by atoms with Gasteiger partial charge in [-0.2, -0.15) is 0 Å². The summed E-state index contributed by atoms with van der Waals surface area (Å²) >= 11 is 0. The van der Waals surface area contributed by atoms with E-state index in [-0.39, 0.29) is 36.1 Å². The Morgan fingerprint density at radius 2 is 1.89 bits per heavy atom. The van der Waals surface area contributed by atoms with Crippen molar-refractivity contribution in [2.24, 2.45) is 0 Å². The molecule has 4 rings (SSSR count). The van der Waals surface area contributed by atoms with Crippen LogP contribution in [0.3, 0.4) is 0 Å². The van der Waals surface area contributed by atoms with Crippen LogP contribution in [-0.4, -0.2) is 37.0 Å². The standard InChI is InChI=1S/C25H21FN2O7/c1-32-20-9-5-7-15(22(20)34-14-16-6-3-4-8-18(16)26)12-19-23(29)28(25(31)27-19)13-17-10-11-21(35-17)24(30)33-2/h3-12H,13-14H2,1-2H3,(H,27,31). The predicted octanol–water partition coefficient (Wildman–Crippen LogP) is 3.89. The molecule has 180 valence electrons. The molecule has 2 aromatic carbocycles.